The van der Waals surface area contributed by atoms with E-state index in [2.05, 4.69) is 338 Å². The van der Waals surface area contributed by atoms with Gasteiger partial charge in [0.25, 0.3) is 0 Å². The van der Waals surface area contributed by atoms with E-state index in [9.17, 15) is 0 Å². The van der Waals surface area contributed by atoms with Gasteiger partial charge < -0.3 is 4.40 Å². The topological polar surface area (TPSA) is 4.41 Å². The average Bonchev–Trinajstić information content (AvgIpc) is 1.37. The lowest BCUT2D eigenvalue weighted by Gasteiger charge is -2.20. The van der Waals surface area contributed by atoms with Crippen molar-refractivity contribution in [2.75, 3.05) is 0 Å². The highest BCUT2D eigenvalue weighted by molar-refractivity contribution is 7.18. The van der Waals surface area contributed by atoms with Crippen molar-refractivity contribution in [1.29, 1.82) is 0 Å². The third kappa shape index (κ3) is 8.07. The molecule has 0 unspecified atom stereocenters. The lowest BCUT2D eigenvalue weighted by Crippen LogP contribution is -1.92. The van der Waals surface area contributed by atoms with E-state index in [1.807, 2.05) is 11.3 Å². The minimum atomic E-state index is 1.20. The molecule has 0 saturated heterocycles. The van der Waals surface area contributed by atoms with Gasteiger partial charge in [0.05, 0.1) is 16.6 Å². The second-order valence-corrected chi connectivity index (χ2v) is 26.4. The molecule has 20 aromatic rings. The maximum absolute atomic E-state index is 2.49. The summed E-state index contributed by atoms with van der Waals surface area (Å²) < 4.78 is 2.49. The van der Waals surface area contributed by atoms with Crippen molar-refractivity contribution in [1.82, 2.24) is 4.40 Å². The van der Waals surface area contributed by atoms with Crippen LogP contribution in [-0.2, 0) is 0 Å². The lowest BCUT2D eigenvalue weighted by molar-refractivity contribution is 1.37. The smallest absolute Gasteiger partial charge is 0.0620 e. The van der Waals surface area contributed by atoms with Crippen LogP contribution in [-0.4, -0.2) is 4.40 Å². The summed E-state index contributed by atoms with van der Waals surface area (Å²) in [6, 6.07) is 125. The van der Waals surface area contributed by atoms with Crippen LogP contribution in [0, 0.1) is 0 Å². The first-order valence-corrected chi connectivity index (χ1v) is 33.3. The molecule has 434 valence electrons. The van der Waals surface area contributed by atoms with Gasteiger partial charge in [-0.25, -0.2) is 0 Å². The molecule has 0 spiro atoms. The van der Waals surface area contributed by atoms with Crippen molar-refractivity contribution in [3.05, 3.63) is 334 Å². The highest BCUT2D eigenvalue weighted by atomic mass is 32.1. The number of hydrogen-bond acceptors (Lipinski definition) is 1. The van der Waals surface area contributed by atoms with Crippen LogP contribution in [0.2, 0.25) is 0 Å². The van der Waals surface area contributed by atoms with Gasteiger partial charge in [-0.1, -0.05) is 285 Å². The molecule has 94 heavy (non-hydrogen) atoms. The molecule has 0 aliphatic heterocycles. The molecule has 0 aliphatic carbocycles. The van der Waals surface area contributed by atoms with Crippen molar-refractivity contribution < 1.29 is 0 Å². The summed E-state index contributed by atoms with van der Waals surface area (Å²) in [5.41, 5.74) is 21.1. The van der Waals surface area contributed by atoms with Crippen LogP contribution in [0.5, 0.6) is 0 Å². The molecule has 0 saturated carbocycles. The number of hydrogen-bond donors (Lipinski definition) is 0. The fraction of sp³-hybridized carbons (Fsp3) is 0. The Labute approximate surface area is 546 Å². The van der Waals surface area contributed by atoms with E-state index in [4.69, 9.17) is 0 Å². The number of aromatic nitrogens is 1. The lowest BCUT2D eigenvalue weighted by atomic mass is 9.83. The number of para-hydroxylation sites is 2. The van der Waals surface area contributed by atoms with E-state index >= 15 is 0 Å². The van der Waals surface area contributed by atoms with Gasteiger partial charge in [0.15, 0.2) is 0 Å². The highest BCUT2D eigenvalue weighted by Gasteiger charge is 2.23. The minimum Gasteiger partial charge on any atom is -0.308 e. The van der Waals surface area contributed by atoms with Gasteiger partial charge >= 0.3 is 0 Å². The van der Waals surface area contributed by atoms with Crippen LogP contribution in [0.4, 0.5) is 0 Å². The van der Waals surface area contributed by atoms with Crippen molar-refractivity contribution in [2.24, 2.45) is 0 Å². The molecular formula is C92H55NS. The van der Waals surface area contributed by atoms with E-state index in [0.29, 0.717) is 0 Å². The van der Waals surface area contributed by atoms with Gasteiger partial charge in [-0.15, -0.1) is 11.3 Å². The third-order valence-electron chi connectivity index (χ3n) is 20.3. The van der Waals surface area contributed by atoms with Crippen molar-refractivity contribution in [3.63, 3.8) is 0 Å². The van der Waals surface area contributed by atoms with Crippen molar-refractivity contribution >= 4 is 125 Å². The summed E-state index contributed by atoms with van der Waals surface area (Å²) in [4.78, 5) is 2.49. The zero-order valence-corrected chi connectivity index (χ0v) is 51.9. The highest BCUT2D eigenvalue weighted by Crippen LogP contribution is 2.50. The monoisotopic (exact) mass is 1210 g/mol. The van der Waals surface area contributed by atoms with Crippen LogP contribution in [0.3, 0.4) is 0 Å². The van der Waals surface area contributed by atoms with E-state index < -0.39 is 0 Å². The Hall–Kier alpha value is -11.9. The molecule has 0 amide bonds. The zero-order valence-electron chi connectivity index (χ0n) is 51.1. The SMILES string of the molecule is c1cc(-c2ccc(-c3ccc(-c4ccc5ccc(-c6c7ccccc7c(-c7ccc8c9cccc%10c%11ccccc%11n(c8c7)c%109)c7ccccc67)cc5c4)cc3)s2)cc(-c2c3ccccc3c(-c3ccc(-c4ccc5ccccc5c4)c4ccccc34)c3ccccc23)c1. The van der Waals surface area contributed by atoms with Crippen LogP contribution >= 0.6 is 11.3 Å². The molecular weight excluding hydrogens is 1150 g/mol. The Morgan fingerprint density at radius 2 is 0.574 bits per heavy atom. The predicted molar refractivity (Wildman–Crippen MR) is 405 cm³/mol. The molecule has 3 aromatic heterocycles. The number of nitrogens with zero attached hydrogens (tertiary/aromatic N) is 1. The van der Waals surface area contributed by atoms with Gasteiger partial charge in [-0.3, -0.25) is 0 Å². The summed E-state index contributed by atoms with van der Waals surface area (Å²) in [5, 5.41) is 22.7. The summed E-state index contributed by atoms with van der Waals surface area (Å²) in [6.45, 7) is 0. The second kappa shape index (κ2) is 20.8. The normalized spacial score (nSPS) is 12.0. The Balaban J connectivity index is 0.622. The number of benzene rings is 17. The minimum absolute atomic E-state index is 1.20. The van der Waals surface area contributed by atoms with Crippen LogP contribution < -0.4 is 0 Å². The summed E-state index contributed by atoms with van der Waals surface area (Å²) in [5.74, 6) is 0. The first-order chi connectivity index (χ1) is 46.6. The fourth-order valence-corrected chi connectivity index (χ4v) is 17.1. The molecule has 0 fully saturated rings. The Bertz CT molecular complexity index is 6420. The number of fused-ring (bicyclic) bond motifs is 13. The summed E-state index contributed by atoms with van der Waals surface area (Å²) in [7, 11) is 0. The van der Waals surface area contributed by atoms with Crippen LogP contribution in [0.15, 0.2) is 334 Å². The molecule has 0 N–H and O–H groups in total. The number of thiophene rings is 1. The van der Waals surface area contributed by atoms with E-state index in [1.165, 1.54) is 201 Å². The fourth-order valence-electron chi connectivity index (χ4n) is 16.1. The summed E-state index contributed by atoms with van der Waals surface area (Å²) in [6.07, 6.45) is 0. The Kier molecular flexibility index (Phi) is 11.7. The van der Waals surface area contributed by atoms with E-state index in [1.54, 1.807) is 0 Å². The predicted octanol–water partition coefficient (Wildman–Crippen LogP) is 26.3. The quantitative estimate of drug-likeness (QED) is 0.134. The Morgan fingerprint density at radius 3 is 1.21 bits per heavy atom. The van der Waals surface area contributed by atoms with Gasteiger partial charge in [-0.05, 0) is 202 Å². The maximum atomic E-state index is 2.49. The largest absolute Gasteiger partial charge is 0.308 e. The first kappa shape index (κ1) is 52.8. The standard InChI is InChI=1S/C92H55NS/c1-2-18-60-51-62(43-38-56(60)17-1)68-47-48-81(70-22-4-3-21-69(68)70)91-79-30-11-9-28-77(79)88(78-29-10-12-31-80(78)91)64-20-15-19-63(53-64)87-50-49-86(94-87)59-40-35-57(36-41-59)61-42-37-58-39-44-65(54-67(58)52-61)89-73-24-5-7-26-75(73)90(76-27-8-6-25-74(76)89)66-45-46-72-83-33-16-32-82-71-23-13-14-34-84(71)93(92(82)83)85(72)55-66/h1-55H. The molecule has 3 heterocycles. The van der Waals surface area contributed by atoms with Crippen LogP contribution in [0.1, 0.15) is 0 Å². The van der Waals surface area contributed by atoms with Crippen LogP contribution in [0.25, 0.3) is 201 Å². The molecule has 0 bridgehead atoms. The zero-order chi connectivity index (χ0) is 61.5. The first-order valence-electron chi connectivity index (χ1n) is 32.5. The van der Waals surface area contributed by atoms with Crippen molar-refractivity contribution in [2.45, 2.75) is 0 Å². The molecule has 0 aliphatic rings. The average molecular weight is 1210 g/mol. The maximum Gasteiger partial charge on any atom is 0.0620 e. The summed E-state index contributed by atoms with van der Waals surface area (Å²) >= 11 is 1.86. The van der Waals surface area contributed by atoms with E-state index in [0.717, 1.165) is 0 Å². The molecule has 0 radical (unpaired) electrons. The van der Waals surface area contributed by atoms with Gasteiger partial charge in [0, 0.05) is 31.3 Å². The van der Waals surface area contributed by atoms with Crippen molar-refractivity contribution in [3.8, 4) is 87.6 Å². The van der Waals surface area contributed by atoms with Gasteiger partial charge in [-0.2, -0.15) is 0 Å². The second-order valence-electron chi connectivity index (χ2n) is 25.3. The number of rotatable bonds is 8. The van der Waals surface area contributed by atoms with E-state index in [-0.39, 0.29) is 0 Å². The molecule has 1 nitrogen and oxygen atoms in total. The molecule has 20 rings (SSSR count). The third-order valence-corrected chi connectivity index (χ3v) is 21.5. The molecule has 0 atom stereocenters. The molecule has 2 heteroatoms. The Morgan fingerprint density at radius 1 is 0.181 bits per heavy atom. The van der Waals surface area contributed by atoms with Gasteiger partial charge in [0.1, 0.15) is 0 Å². The van der Waals surface area contributed by atoms with Gasteiger partial charge in [0.2, 0.25) is 0 Å². The molecule has 17 aromatic carbocycles.